The average Bonchev–Trinajstić information content (AvgIpc) is 2.39. The lowest BCUT2D eigenvalue weighted by Crippen LogP contribution is -2.27. The van der Waals surface area contributed by atoms with Gasteiger partial charge in [-0.15, -0.1) is 0 Å². The molecule has 0 saturated heterocycles. The Bertz CT molecular complexity index is 413. The Hall–Kier alpha value is -1.38. The van der Waals surface area contributed by atoms with Crippen molar-refractivity contribution in [2.75, 3.05) is 18.5 Å². The van der Waals surface area contributed by atoms with Crippen LogP contribution < -0.4 is 4.90 Å². The highest BCUT2D eigenvalue weighted by molar-refractivity contribution is 5.84. The van der Waals surface area contributed by atoms with E-state index in [0.717, 1.165) is 6.54 Å². The maximum Gasteiger partial charge on any atom is 0.155 e. The molecule has 1 aliphatic carbocycles. The van der Waals surface area contributed by atoms with Gasteiger partial charge in [-0.1, -0.05) is 25.3 Å². The van der Waals surface area contributed by atoms with Crippen molar-refractivity contribution >= 4 is 12.0 Å². The number of anilines is 1. The summed E-state index contributed by atoms with van der Waals surface area (Å²) in [6.07, 6.45) is 7.03. The van der Waals surface area contributed by atoms with Crippen molar-refractivity contribution in [3.63, 3.8) is 0 Å². The number of benzene rings is 1. The van der Waals surface area contributed by atoms with Gasteiger partial charge in [-0.3, -0.25) is 4.79 Å². The quantitative estimate of drug-likeness (QED) is 0.759. The maximum atomic E-state index is 13.5. The van der Waals surface area contributed by atoms with E-state index in [9.17, 15) is 9.18 Å². The summed E-state index contributed by atoms with van der Waals surface area (Å²) in [5.41, 5.74) is 0.881. The maximum absolute atomic E-state index is 13.5. The average molecular weight is 249 g/mol. The van der Waals surface area contributed by atoms with Crippen LogP contribution in [-0.4, -0.2) is 19.9 Å². The number of hydrogen-bond donors (Lipinski definition) is 0. The summed E-state index contributed by atoms with van der Waals surface area (Å²) in [4.78, 5) is 13.0. The summed E-state index contributed by atoms with van der Waals surface area (Å²) in [6.45, 7) is 0.907. The summed E-state index contributed by atoms with van der Waals surface area (Å²) in [7, 11) is 1.94. The van der Waals surface area contributed by atoms with Crippen LogP contribution in [0.25, 0.3) is 0 Å². The molecule has 0 N–H and O–H groups in total. The lowest BCUT2D eigenvalue weighted by molar-refractivity contribution is 0.112. The van der Waals surface area contributed by atoms with Crippen molar-refractivity contribution < 1.29 is 9.18 Å². The highest BCUT2D eigenvalue weighted by atomic mass is 19.1. The third-order valence-electron chi connectivity index (χ3n) is 3.82. The number of halogens is 1. The molecule has 0 aromatic heterocycles. The van der Waals surface area contributed by atoms with Crippen LogP contribution in [0.2, 0.25) is 0 Å². The van der Waals surface area contributed by atoms with Crippen molar-refractivity contribution in [2.45, 2.75) is 32.1 Å². The van der Waals surface area contributed by atoms with E-state index in [-0.39, 0.29) is 5.56 Å². The van der Waals surface area contributed by atoms with Gasteiger partial charge in [-0.25, -0.2) is 4.39 Å². The van der Waals surface area contributed by atoms with E-state index in [2.05, 4.69) is 0 Å². The molecule has 2 nitrogen and oxygen atoms in total. The number of hydrogen-bond acceptors (Lipinski definition) is 2. The SMILES string of the molecule is CN(CC1CCCCC1)c1cccc(F)c1C=O. The standard InChI is InChI=1S/C15H20FNO/c1-17(10-12-6-3-2-4-7-12)15-9-5-8-14(16)13(15)11-18/h5,8-9,11-12H,2-4,6-7,10H2,1H3. The molecule has 3 heteroatoms. The van der Waals surface area contributed by atoms with Crippen LogP contribution >= 0.6 is 0 Å². The summed E-state index contributed by atoms with van der Waals surface area (Å²) in [5.74, 6) is 0.240. The molecule has 0 aliphatic heterocycles. The summed E-state index contributed by atoms with van der Waals surface area (Å²) >= 11 is 0. The summed E-state index contributed by atoms with van der Waals surface area (Å²) in [6, 6.07) is 4.81. The number of nitrogens with zero attached hydrogens (tertiary/aromatic N) is 1. The molecule has 0 heterocycles. The van der Waals surface area contributed by atoms with Gasteiger partial charge in [-0.05, 0) is 30.9 Å². The van der Waals surface area contributed by atoms with E-state index in [1.54, 1.807) is 6.07 Å². The van der Waals surface area contributed by atoms with Crippen molar-refractivity contribution in [2.24, 2.45) is 5.92 Å². The number of carbonyl (C=O) groups is 1. The molecule has 1 aromatic rings. The zero-order chi connectivity index (χ0) is 13.0. The van der Waals surface area contributed by atoms with E-state index in [1.165, 1.54) is 38.2 Å². The first kappa shape index (κ1) is 13.1. The Morgan fingerprint density at radius 3 is 2.72 bits per heavy atom. The van der Waals surface area contributed by atoms with E-state index < -0.39 is 5.82 Å². The third kappa shape index (κ3) is 2.89. The van der Waals surface area contributed by atoms with Crippen LogP contribution in [0, 0.1) is 11.7 Å². The summed E-state index contributed by atoms with van der Waals surface area (Å²) in [5, 5.41) is 0. The van der Waals surface area contributed by atoms with E-state index in [4.69, 9.17) is 0 Å². The molecule has 0 amide bonds. The zero-order valence-electron chi connectivity index (χ0n) is 10.9. The molecule has 0 bridgehead atoms. The molecule has 98 valence electrons. The number of carbonyl (C=O) groups excluding carboxylic acids is 1. The van der Waals surface area contributed by atoms with Gasteiger partial charge in [0.2, 0.25) is 0 Å². The fourth-order valence-corrected chi connectivity index (χ4v) is 2.83. The van der Waals surface area contributed by atoms with Gasteiger partial charge in [0.1, 0.15) is 5.82 Å². The first-order valence-electron chi connectivity index (χ1n) is 6.67. The fourth-order valence-electron chi connectivity index (χ4n) is 2.83. The topological polar surface area (TPSA) is 20.3 Å². The predicted octanol–water partition coefficient (Wildman–Crippen LogP) is 3.65. The summed E-state index contributed by atoms with van der Waals surface area (Å²) < 4.78 is 13.5. The minimum absolute atomic E-state index is 0.177. The monoisotopic (exact) mass is 249 g/mol. The molecule has 0 spiro atoms. The highest BCUT2D eigenvalue weighted by Gasteiger charge is 2.18. The van der Waals surface area contributed by atoms with Crippen LogP contribution in [0.3, 0.4) is 0 Å². The second-order valence-corrected chi connectivity index (χ2v) is 5.18. The number of aldehydes is 1. The highest BCUT2D eigenvalue weighted by Crippen LogP contribution is 2.27. The molecule has 1 saturated carbocycles. The molecule has 0 unspecified atom stereocenters. The number of rotatable bonds is 4. The Labute approximate surface area is 108 Å². The van der Waals surface area contributed by atoms with Crippen LogP contribution in [-0.2, 0) is 0 Å². The lowest BCUT2D eigenvalue weighted by atomic mass is 9.89. The van der Waals surface area contributed by atoms with Crippen LogP contribution in [0.15, 0.2) is 18.2 Å². The molecule has 1 fully saturated rings. The fraction of sp³-hybridized carbons (Fsp3) is 0.533. The molecule has 18 heavy (non-hydrogen) atoms. The second kappa shape index (κ2) is 5.98. The Morgan fingerprint density at radius 2 is 2.06 bits per heavy atom. The van der Waals surface area contributed by atoms with Crippen molar-refractivity contribution in [3.05, 3.63) is 29.6 Å². The van der Waals surface area contributed by atoms with Gasteiger partial charge in [0, 0.05) is 19.3 Å². The minimum atomic E-state index is -0.432. The van der Waals surface area contributed by atoms with Gasteiger partial charge >= 0.3 is 0 Å². The largest absolute Gasteiger partial charge is 0.374 e. The van der Waals surface area contributed by atoms with Gasteiger partial charge < -0.3 is 4.90 Å². The predicted molar refractivity (Wildman–Crippen MR) is 71.6 cm³/mol. The Balaban J connectivity index is 2.10. The van der Waals surface area contributed by atoms with Crippen LogP contribution in [0.1, 0.15) is 42.5 Å². The van der Waals surface area contributed by atoms with Gasteiger partial charge in [0.25, 0.3) is 0 Å². The molecular formula is C15H20FNO. The van der Waals surface area contributed by atoms with Crippen LogP contribution in [0.4, 0.5) is 10.1 Å². The van der Waals surface area contributed by atoms with Crippen LogP contribution in [0.5, 0.6) is 0 Å². The molecule has 1 aliphatic rings. The van der Waals surface area contributed by atoms with Crippen molar-refractivity contribution in [1.29, 1.82) is 0 Å². The third-order valence-corrected chi connectivity index (χ3v) is 3.82. The van der Waals surface area contributed by atoms with Crippen molar-refractivity contribution in [1.82, 2.24) is 0 Å². The molecule has 0 radical (unpaired) electrons. The molecule has 0 atom stereocenters. The van der Waals surface area contributed by atoms with E-state index in [0.29, 0.717) is 17.9 Å². The van der Waals surface area contributed by atoms with E-state index >= 15 is 0 Å². The van der Waals surface area contributed by atoms with Gasteiger partial charge in [0.15, 0.2) is 6.29 Å². The Morgan fingerprint density at radius 1 is 1.33 bits per heavy atom. The molecular weight excluding hydrogens is 229 g/mol. The zero-order valence-corrected chi connectivity index (χ0v) is 10.9. The second-order valence-electron chi connectivity index (χ2n) is 5.18. The minimum Gasteiger partial charge on any atom is -0.374 e. The normalized spacial score (nSPS) is 16.6. The van der Waals surface area contributed by atoms with Gasteiger partial charge in [0.05, 0.1) is 5.56 Å². The smallest absolute Gasteiger partial charge is 0.155 e. The molecule has 1 aromatic carbocycles. The lowest BCUT2D eigenvalue weighted by Gasteiger charge is -2.29. The van der Waals surface area contributed by atoms with Crippen molar-refractivity contribution in [3.8, 4) is 0 Å². The van der Waals surface area contributed by atoms with Gasteiger partial charge in [-0.2, -0.15) is 0 Å². The van der Waals surface area contributed by atoms with E-state index in [1.807, 2.05) is 18.0 Å². The first-order valence-corrected chi connectivity index (χ1v) is 6.67. The molecule has 2 rings (SSSR count). The Kier molecular flexibility index (Phi) is 4.34. The first-order chi connectivity index (χ1) is 8.72.